The molecule has 1 N–H and O–H groups in total. The van der Waals surface area contributed by atoms with E-state index in [0.717, 1.165) is 12.8 Å². The molecule has 0 aliphatic carbocycles. The molecule has 0 unspecified atom stereocenters. The molecular formula is C14H22N2O3S2. The van der Waals surface area contributed by atoms with Gasteiger partial charge in [0, 0.05) is 23.5 Å². The van der Waals surface area contributed by atoms with Crippen LogP contribution in [0.4, 0.5) is 0 Å². The van der Waals surface area contributed by atoms with Crippen molar-refractivity contribution in [3.05, 3.63) is 15.8 Å². The lowest BCUT2D eigenvalue weighted by atomic mass is 10.1. The lowest BCUT2D eigenvalue weighted by Gasteiger charge is -2.19. The number of aryl methyl sites for hydroxylation is 1. The van der Waals surface area contributed by atoms with Crippen LogP contribution in [0, 0.1) is 6.92 Å². The van der Waals surface area contributed by atoms with Crippen molar-refractivity contribution in [1.82, 2.24) is 9.62 Å². The third-order valence-electron chi connectivity index (χ3n) is 3.27. The smallest absolute Gasteiger partial charge is 0.261 e. The number of carbonyl (C=O) groups is 1. The summed E-state index contributed by atoms with van der Waals surface area (Å²) in [7, 11) is -3.46. The Kier molecular flexibility index (Phi) is 4.46. The van der Waals surface area contributed by atoms with Crippen LogP contribution in [0.5, 0.6) is 0 Å². The van der Waals surface area contributed by atoms with E-state index >= 15 is 0 Å². The minimum Gasteiger partial charge on any atom is -0.347 e. The highest BCUT2D eigenvalue weighted by Crippen LogP contribution is 2.30. The normalized spacial score (nSPS) is 17.1. The van der Waals surface area contributed by atoms with E-state index in [4.69, 9.17) is 0 Å². The first kappa shape index (κ1) is 16.5. The fourth-order valence-corrected chi connectivity index (χ4v) is 5.28. The molecule has 5 nitrogen and oxygen atoms in total. The summed E-state index contributed by atoms with van der Waals surface area (Å²) >= 11 is 1.23. The van der Waals surface area contributed by atoms with Crippen molar-refractivity contribution >= 4 is 27.3 Å². The largest absolute Gasteiger partial charge is 0.347 e. The van der Waals surface area contributed by atoms with Crippen LogP contribution in [0.3, 0.4) is 0 Å². The standard InChI is InChI=1S/C14H22N2O3S2/c1-10-12(21(18,19)16-7-5-6-8-16)9-11(20-10)13(17)15-14(2,3)4/h9H,5-8H2,1-4H3,(H,15,17). The molecule has 0 aromatic carbocycles. The van der Waals surface area contributed by atoms with E-state index in [2.05, 4.69) is 5.32 Å². The van der Waals surface area contributed by atoms with E-state index in [1.807, 2.05) is 20.8 Å². The molecule has 2 rings (SSSR count). The van der Waals surface area contributed by atoms with Crippen molar-refractivity contribution in [3.63, 3.8) is 0 Å². The highest BCUT2D eigenvalue weighted by atomic mass is 32.2. The molecule has 1 saturated heterocycles. The average molecular weight is 330 g/mol. The van der Waals surface area contributed by atoms with Crippen molar-refractivity contribution in [1.29, 1.82) is 0 Å². The van der Waals surface area contributed by atoms with Gasteiger partial charge < -0.3 is 5.32 Å². The number of amides is 1. The molecular weight excluding hydrogens is 308 g/mol. The van der Waals surface area contributed by atoms with Gasteiger partial charge in [-0.2, -0.15) is 4.31 Å². The molecule has 0 bridgehead atoms. The fourth-order valence-electron chi connectivity index (χ4n) is 2.30. The van der Waals surface area contributed by atoms with Gasteiger partial charge in [-0.15, -0.1) is 11.3 Å². The Hall–Kier alpha value is -0.920. The van der Waals surface area contributed by atoms with Gasteiger partial charge in [0.05, 0.1) is 9.77 Å². The molecule has 1 fully saturated rings. The van der Waals surface area contributed by atoms with Gasteiger partial charge in [0.1, 0.15) is 0 Å². The van der Waals surface area contributed by atoms with Gasteiger partial charge in [0.2, 0.25) is 10.0 Å². The molecule has 7 heteroatoms. The van der Waals surface area contributed by atoms with Crippen LogP contribution in [0.25, 0.3) is 0 Å². The lowest BCUT2D eigenvalue weighted by Crippen LogP contribution is -2.40. The second-order valence-electron chi connectivity index (χ2n) is 6.35. The summed E-state index contributed by atoms with van der Waals surface area (Å²) in [5, 5.41) is 2.86. The minimum atomic E-state index is -3.46. The molecule has 21 heavy (non-hydrogen) atoms. The van der Waals surface area contributed by atoms with E-state index in [1.165, 1.54) is 21.7 Å². The molecule has 118 valence electrons. The first-order chi connectivity index (χ1) is 9.61. The summed E-state index contributed by atoms with van der Waals surface area (Å²) in [6.07, 6.45) is 1.81. The summed E-state index contributed by atoms with van der Waals surface area (Å²) in [6.45, 7) is 8.58. The average Bonchev–Trinajstić information content (AvgIpc) is 2.94. The lowest BCUT2D eigenvalue weighted by molar-refractivity contribution is 0.0923. The van der Waals surface area contributed by atoms with Crippen LogP contribution in [0.15, 0.2) is 11.0 Å². The van der Waals surface area contributed by atoms with Crippen LogP contribution < -0.4 is 5.32 Å². The first-order valence-electron chi connectivity index (χ1n) is 7.04. The molecule has 2 heterocycles. The van der Waals surface area contributed by atoms with E-state index in [9.17, 15) is 13.2 Å². The Morgan fingerprint density at radius 1 is 1.29 bits per heavy atom. The van der Waals surface area contributed by atoms with Crippen LogP contribution in [0.2, 0.25) is 0 Å². The topological polar surface area (TPSA) is 66.5 Å². The number of sulfonamides is 1. The third-order valence-corrected chi connectivity index (χ3v) is 6.47. The summed E-state index contributed by atoms with van der Waals surface area (Å²) < 4.78 is 26.7. The maximum atomic E-state index is 12.6. The van der Waals surface area contributed by atoms with Crippen LogP contribution >= 0.6 is 11.3 Å². The maximum absolute atomic E-state index is 12.6. The van der Waals surface area contributed by atoms with E-state index in [-0.39, 0.29) is 16.3 Å². The molecule has 0 atom stereocenters. The number of hydrogen-bond donors (Lipinski definition) is 1. The van der Waals surface area contributed by atoms with Gasteiger partial charge in [-0.1, -0.05) is 0 Å². The molecule has 0 spiro atoms. The SMILES string of the molecule is Cc1sc(C(=O)NC(C)(C)C)cc1S(=O)(=O)N1CCCC1. The quantitative estimate of drug-likeness (QED) is 0.925. The van der Waals surface area contributed by atoms with E-state index < -0.39 is 10.0 Å². The number of nitrogens with zero attached hydrogens (tertiary/aromatic N) is 1. The number of hydrogen-bond acceptors (Lipinski definition) is 4. The predicted molar refractivity (Wildman–Crippen MR) is 84.3 cm³/mol. The van der Waals surface area contributed by atoms with Crippen molar-refractivity contribution < 1.29 is 13.2 Å². The van der Waals surface area contributed by atoms with E-state index in [1.54, 1.807) is 6.92 Å². The zero-order valence-electron chi connectivity index (χ0n) is 12.9. The summed E-state index contributed by atoms with van der Waals surface area (Å²) in [6, 6.07) is 1.51. The minimum absolute atomic E-state index is 0.224. The Balaban J connectivity index is 2.29. The molecule has 1 aromatic heterocycles. The van der Waals surface area contributed by atoms with Gasteiger partial charge in [-0.25, -0.2) is 8.42 Å². The van der Waals surface area contributed by atoms with Crippen molar-refractivity contribution in [3.8, 4) is 0 Å². The van der Waals surface area contributed by atoms with Crippen LogP contribution in [-0.4, -0.2) is 37.3 Å². The number of rotatable bonds is 3. The second kappa shape index (κ2) is 5.70. The van der Waals surface area contributed by atoms with Crippen molar-refractivity contribution in [2.24, 2.45) is 0 Å². The fraction of sp³-hybridized carbons (Fsp3) is 0.643. The predicted octanol–water partition coefficient (Wildman–Crippen LogP) is 2.37. The highest BCUT2D eigenvalue weighted by molar-refractivity contribution is 7.89. The number of thiophene rings is 1. The molecule has 1 aromatic rings. The Morgan fingerprint density at radius 2 is 1.86 bits per heavy atom. The monoisotopic (exact) mass is 330 g/mol. The second-order valence-corrected chi connectivity index (χ2v) is 9.51. The summed E-state index contributed by atoms with van der Waals surface area (Å²) in [4.78, 5) is 13.5. The Labute approximate surface area is 130 Å². The molecule has 0 saturated carbocycles. The molecule has 1 aliphatic heterocycles. The van der Waals surface area contributed by atoms with Gasteiger partial charge >= 0.3 is 0 Å². The molecule has 1 amide bonds. The third kappa shape index (κ3) is 3.64. The van der Waals surface area contributed by atoms with Gasteiger partial charge in [0.15, 0.2) is 0 Å². The summed E-state index contributed by atoms with van der Waals surface area (Å²) in [5.41, 5.74) is -0.344. The van der Waals surface area contributed by atoms with Gasteiger partial charge in [0.25, 0.3) is 5.91 Å². The molecule has 0 radical (unpaired) electrons. The Bertz CT molecular complexity index is 636. The Morgan fingerprint density at radius 3 is 2.38 bits per heavy atom. The zero-order chi connectivity index (χ0) is 15.8. The maximum Gasteiger partial charge on any atom is 0.261 e. The van der Waals surface area contributed by atoms with Crippen molar-refractivity contribution in [2.45, 2.75) is 51.0 Å². The zero-order valence-corrected chi connectivity index (χ0v) is 14.5. The number of carbonyl (C=O) groups excluding carboxylic acids is 1. The van der Waals surface area contributed by atoms with Gasteiger partial charge in [-0.05, 0) is 46.6 Å². The number of nitrogens with one attached hydrogen (secondary N) is 1. The highest BCUT2D eigenvalue weighted by Gasteiger charge is 2.31. The van der Waals surface area contributed by atoms with E-state index in [0.29, 0.717) is 22.8 Å². The van der Waals surface area contributed by atoms with Crippen molar-refractivity contribution in [2.75, 3.05) is 13.1 Å². The van der Waals surface area contributed by atoms with Crippen LogP contribution in [-0.2, 0) is 10.0 Å². The van der Waals surface area contributed by atoms with Crippen LogP contribution in [0.1, 0.15) is 48.2 Å². The summed E-state index contributed by atoms with van der Waals surface area (Å²) in [5.74, 6) is -0.224. The van der Waals surface area contributed by atoms with Gasteiger partial charge in [-0.3, -0.25) is 4.79 Å². The molecule has 1 aliphatic rings. The first-order valence-corrected chi connectivity index (χ1v) is 9.30.